The minimum atomic E-state index is -1.50. The highest BCUT2D eigenvalue weighted by Gasteiger charge is 2.59. The topological polar surface area (TPSA) is 90.2 Å². The lowest BCUT2D eigenvalue weighted by atomic mass is 9.67. The lowest BCUT2D eigenvalue weighted by Crippen LogP contribution is -2.70. The quantitative estimate of drug-likeness (QED) is 0.473. The zero-order valence-electron chi connectivity index (χ0n) is 9.40. The summed E-state index contributed by atoms with van der Waals surface area (Å²) in [6, 6.07) is 0. The van der Waals surface area contributed by atoms with Crippen molar-refractivity contribution >= 4 is 0 Å². The van der Waals surface area contributed by atoms with E-state index in [0.29, 0.717) is 0 Å². The molecule has 5 nitrogen and oxygen atoms in total. The molecule has 4 N–H and O–H groups in total. The van der Waals surface area contributed by atoms with Gasteiger partial charge in [-0.15, -0.1) is 0 Å². The molecule has 1 heterocycles. The van der Waals surface area contributed by atoms with Gasteiger partial charge in [-0.1, -0.05) is 0 Å². The maximum atomic E-state index is 10.2. The number of hydrogen-bond acceptors (Lipinski definition) is 5. The Labute approximate surface area is 89.3 Å². The summed E-state index contributed by atoms with van der Waals surface area (Å²) >= 11 is 0. The first-order chi connectivity index (χ1) is 6.71. The molecule has 0 amide bonds. The molecule has 1 aliphatic rings. The number of aliphatic hydroxyl groups is 4. The highest BCUT2D eigenvalue weighted by Crippen LogP contribution is 2.42. The Morgan fingerprint density at radius 2 is 1.73 bits per heavy atom. The van der Waals surface area contributed by atoms with Crippen LogP contribution in [0.1, 0.15) is 20.8 Å². The molecule has 4 atom stereocenters. The number of ether oxygens (including phenoxy) is 1. The average molecular weight is 220 g/mol. The van der Waals surface area contributed by atoms with E-state index < -0.39 is 22.7 Å². The molecule has 1 rings (SSSR count). The average Bonchev–Trinajstić information content (AvgIpc) is 2.14. The maximum Gasteiger partial charge on any atom is 0.114 e. The van der Waals surface area contributed by atoms with Gasteiger partial charge < -0.3 is 25.2 Å². The number of aliphatic hydroxyl groups excluding tert-OH is 2. The molecule has 5 heteroatoms. The fourth-order valence-corrected chi connectivity index (χ4v) is 2.05. The minimum Gasteiger partial charge on any atom is -0.396 e. The van der Waals surface area contributed by atoms with E-state index in [4.69, 9.17) is 4.74 Å². The van der Waals surface area contributed by atoms with Crippen LogP contribution in [0.25, 0.3) is 0 Å². The molecule has 0 aromatic rings. The smallest absolute Gasteiger partial charge is 0.114 e. The normalized spacial score (nSPS) is 51.8. The van der Waals surface area contributed by atoms with E-state index >= 15 is 0 Å². The van der Waals surface area contributed by atoms with Gasteiger partial charge in [-0.2, -0.15) is 0 Å². The SMILES string of the molecule is CC1(CO)OCC(C)(O)C(C)(O)[C@@H]1CO. The van der Waals surface area contributed by atoms with E-state index in [1.807, 2.05) is 0 Å². The second kappa shape index (κ2) is 3.68. The first-order valence-electron chi connectivity index (χ1n) is 5.02. The van der Waals surface area contributed by atoms with E-state index in [9.17, 15) is 20.4 Å². The standard InChI is InChI=1S/C10H20O5/c1-8(5-12)7(4-11)10(3,14)9(2,13)6-15-8/h7,11-14H,4-6H2,1-3H3/t7-,8?,9?,10?/m1/s1. The molecule has 0 aromatic carbocycles. The monoisotopic (exact) mass is 220 g/mol. The minimum absolute atomic E-state index is 0.0758. The van der Waals surface area contributed by atoms with Crippen LogP contribution in [-0.4, -0.2) is 57.0 Å². The maximum absolute atomic E-state index is 10.2. The van der Waals surface area contributed by atoms with Gasteiger partial charge in [0.05, 0.1) is 25.4 Å². The Hall–Kier alpha value is -0.200. The molecule has 1 saturated heterocycles. The van der Waals surface area contributed by atoms with Crippen molar-refractivity contribution in [3.8, 4) is 0 Å². The van der Waals surface area contributed by atoms with Crippen LogP contribution in [-0.2, 0) is 4.74 Å². The zero-order chi connectivity index (χ0) is 11.9. The fraction of sp³-hybridized carbons (Fsp3) is 1.00. The van der Waals surface area contributed by atoms with E-state index in [0.717, 1.165) is 0 Å². The van der Waals surface area contributed by atoms with Crippen molar-refractivity contribution in [3.05, 3.63) is 0 Å². The van der Waals surface area contributed by atoms with Gasteiger partial charge >= 0.3 is 0 Å². The van der Waals surface area contributed by atoms with Crippen molar-refractivity contribution in [1.29, 1.82) is 0 Å². The van der Waals surface area contributed by atoms with Crippen molar-refractivity contribution in [2.45, 2.75) is 37.6 Å². The summed E-state index contributed by atoms with van der Waals surface area (Å²) in [5.41, 5.74) is -3.97. The van der Waals surface area contributed by atoms with Gasteiger partial charge in [0.2, 0.25) is 0 Å². The second-order valence-corrected chi connectivity index (χ2v) is 4.92. The third kappa shape index (κ3) is 1.79. The van der Waals surface area contributed by atoms with Crippen LogP contribution < -0.4 is 0 Å². The van der Waals surface area contributed by atoms with Crippen LogP contribution >= 0.6 is 0 Å². The predicted molar refractivity (Wildman–Crippen MR) is 53.3 cm³/mol. The molecule has 15 heavy (non-hydrogen) atoms. The van der Waals surface area contributed by atoms with Crippen molar-refractivity contribution in [2.75, 3.05) is 19.8 Å². The van der Waals surface area contributed by atoms with Crippen LogP contribution in [0, 0.1) is 5.92 Å². The molecule has 0 saturated carbocycles. The molecule has 90 valence electrons. The predicted octanol–water partition coefficient (Wildman–Crippen LogP) is -1.12. The largest absolute Gasteiger partial charge is 0.396 e. The Balaban J connectivity index is 3.07. The Bertz CT molecular complexity index is 238. The van der Waals surface area contributed by atoms with Crippen LogP contribution in [0.4, 0.5) is 0 Å². The summed E-state index contributed by atoms with van der Waals surface area (Å²) < 4.78 is 5.35. The van der Waals surface area contributed by atoms with Crippen LogP contribution in [0.5, 0.6) is 0 Å². The third-order valence-corrected chi connectivity index (χ3v) is 3.69. The first-order valence-corrected chi connectivity index (χ1v) is 5.02. The first kappa shape index (κ1) is 12.9. The summed E-state index contributed by atoms with van der Waals surface area (Å²) in [5.74, 6) is -0.737. The highest BCUT2D eigenvalue weighted by molar-refractivity contribution is 5.08. The van der Waals surface area contributed by atoms with Crippen LogP contribution in [0.3, 0.4) is 0 Å². The Kier molecular flexibility index (Phi) is 3.15. The zero-order valence-corrected chi connectivity index (χ0v) is 9.40. The van der Waals surface area contributed by atoms with Crippen LogP contribution in [0.2, 0.25) is 0 Å². The summed E-state index contributed by atoms with van der Waals surface area (Å²) in [6.45, 7) is 3.76. The Morgan fingerprint density at radius 1 is 1.20 bits per heavy atom. The van der Waals surface area contributed by atoms with E-state index in [2.05, 4.69) is 0 Å². The number of rotatable bonds is 2. The van der Waals surface area contributed by atoms with Crippen molar-refractivity contribution in [1.82, 2.24) is 0 Å². The third-order valence-electron chi connectivity index (χ3n) is 3.69. The van der Waals surface area contributed by atoms with Gasteiger partial charge in [0, 0.05) is 5.92 Å². The van der Waals surface area contributed by atoms with E-state index in [1.54, 1.807) is 6.92 Å². The molecule has 0 bridgehead atoms. The van der Waals surface area contributed by atoms with Gasteiger partial charge in [0.15, 0.2) is 0 Å². The summed E-state index contributed by atoms with van der Waals surface area (Å²) in [4.78, 5) is 0. The molecule has 0 aliphatic carbocycles. The summed E-state index contributed by atoms with van der Waals surface area (Å²) in [6.07, 6.45) is 0. The van der Waals surface area contributed by atoms with E-state index in [-0.39, 0.29) is 19.8 Å². The van der Waals surface area contributed by atoms with Crippen LogP contribution in [0.15, 0.2) is 0 Å². The molecule has 1 aliphatic heterocycles. The van der Waals surface area contributed by atoms with Crippen molar-refractivity contribution in [3.63, 3.8) is 0 Å². The van der Waals surface area contributed by atoms with Crippen molar-refractivity contribution in [2.24, 2.45) is 5.92 Å². The second-order valence-electron chi connectivity index (χ2n) is 4.92. The molecule has 1 fully saturated rings. The molecule has 3 unspecified atom stereocenters. The lowest BCUT2D eigenvalue weighted by molar-refractivity contribution is -0.297. The molecular formula is C10H20O5. The molecule has 0 aromatic heterocycles. The highest BCUT2D eigenvalue weighted by atomic mass is 16.5. The fourth-order valence-electron chi connectivity index (χ4n) is 2.05. The Morgan fingerprint density at radius 3 is 2.13 bits per heavy atom. The van der Waals surface area contributed by atoms with Gasteiger partial charge in [-0.25, -0.2) is 0 Å². The van der Waals surface area contributed by atoms with Gasteiger partial charge in [0.25, 0.3) is 0 Å². The van der Waals surface area contributed by atoms with Crippen molar-refractivity contribution < 1.29 is 25.2 Å². The van der Waals surface area contributed by atoms with Gasteiger partial charge in [0.1, 0.15) is 11.2 Å². The van der Waals surface area contributed by atoms with Gasteiger partial charge in [-0.05, 0) is 20.8 Å². The molecule has 0 radical (unpaired) electrons. The molecular weight excluding hydrogens is 200 g/mol. The number of hydrogen-bond donors (Lipinski definition) is 4. The lowest BCUT2D eigenvalue weighted by Gasteiger charge is -2.54. The summed E-state index contributed by atoms with van der Waals surface area (Å²) in [5, 5.41) is 38.7. The molecule has 0 spiro atoms. The summed E-state index contributed by atoms with van der Waals surface area (Å²) in [7, 11) is 0. The van der Waals surface area contributed by atoms with E-state index in [1.165, 1.54) is 13.8 Å². The van der Waals surface area contributed by atoms with Gasteiger partial charge in [-0.3, -0.25) is 0 Å².